The standard InChI is InChI=1S/C14H14ClN3S2/c1-9(16)8-11-13(17-14-18(11)6-7-19-14)20-12-5-3-2-4-10(12)15/h2-7,9H,8,16H2,1H3. The lowest BCUT2D eigenvalue weighted by atomic mass is 10.2. The molecule has 3 nitrogen and oxygen atoms in total. The second-order valence-electron chi connectivity index (χ2n) is 4.63. The summed E-state index contributed by atoms with van der Waals surface area (Å²) in [5.41, 5.74) is 7.12. The monoisotopic (exact) mass is 323 g/mol. The van der Waals surface area contributed by atoms with Crippen LogP contribution in [0.3, 0.4) is 0 Å². The van der Waals surface area contributed by atoms with Crippen molar-refractivity contribution in [2.75, 3.05) is 0 Å². The van der Waals surface area contributed by atoms with Gasteiger partial charge < -0.3 is 5.73 Å². The van der Waals surface area contributed by atoms with Gasteiger partial charge >= 0.3 is 0 Å². The number of hydrogen-bond acceptors (Lipinski definition) is 4. The van der Waals surface area contributed by atoms with E-state index in [-0.39, 0.29) is 6.04 Å². The van der Waals surface area contributed by atoms with E-state index in [1.807, 2.05) is 42.8 Å². The van der Waals surface area contributed by atoms with Crippen LogP contribution in [-0.2, 0) is 6.42 Å². The summed E-state index contributed by atoms with van der Waals surface area (Å²) in [6, 6.07) is 7.92. The SMILES string of the molecule is CC(N)Cc1c(Sc2ccccc2Cl)nc2sccn12. The molecule has 0 radical (unpaired) electrons. The summed E-state index contributed by atoms with van der Waals surface area (Å²) in [5.74, 6) is 0. The van der Waals surface area contributed by atoms with Crippen molar-refractivity contribution in [2.24, 2.45) is 5.73 Å². The van der Waals surface area contributed by atoms with Gasteiger partial charge in [-0.1, -0.05) is 35.5 Å². The molecule has 1 aromatic carbocycles. The van der Waals surface area contributed by atoms with E-state index < -0.39 is 0 Å². The third-order valence-corrected chi connectivity index (χ3v) is 5.18. The van der Waals surface area contributed by atoms with Gasteiger partial charge in [0.05, 0.1) is 10.7 Å². The highest BCUT2D eigenvalue weighted by Gasteiger charge is 2.16. The van der Waals surface area contributed by atoms with E-state index in [0.717, 1.165) is 32.0 Å². The zero-order valence-electron chi connectivity index (χ0n) is 10.9. The molecule has 0 saturated heterocycles. The number of aromatic nitrogens is 2. The van der Waals surface area contributed by atoms with Crippen LogP contribution in [0.2, 0.25) is 5.02 Å². The number of imidazole rings is 1. The molecule has 2 heterocycles. The molecule has 6 heteroatoms. The minimum atomic E-state index is 0.0976. The number of nitrogens with two attached hydrogens (primary N) is 1. The van der Waals surface area contributed by atoms with Crippen molar-refractivity contribution in [1.29, 1.82) is 0 Å². The first kappa shape index (κ1) is 13.9. The van der Waals surface area contributed by atoms with Gasteiger partial charge in [0.25, 0.3) is 0 Å². The average Bonchev–Trinajstić information content (AvgIpc) is 2.95. The van der Waals surface area contributed by atoms with Crippen LogP contribution in [0.5, 0.6) is 0 Å². The van der Waals surface area contributed by atoms with Crippen LogP contribution in [0.15, 0.2) is 45.8 Å². The van der Waals surface area contributed by atoms with E-state index in [4.69, 9.17) is 22.3 Å². The molecule has 0 aliphatic carbocycles. The Morgan fingerprint density at radius 2 is 2.25 bits per heavy atom. The third-order valence-electron chi connectivity index (χ3n) is 2.88. The minimum absolute atomic E-state index is 0.0976. The Morgan fingerprint density at radius 1 is 1.45 bits per heavy atom. The van der Waals surface area contributed by atoms with Gasteiger partial charge in [0.2, 0.25) is 0 Å². The van der Waals surface area contributed by atoms with E-state index in [1.54, 1.807) is 23.1 Å². The molecule has 0 spiro atoms. The number of nitrogens with zero attached hydrogens (tertiary/aromatic N) is 2. The highest BCUT2D eigenvalue weighted by atomic mass is 35.5. The largest absolute Gasteiger partial charge is 0.328 e. The lowest BCUT2D eigenvalue weighted by Gasteiger charge is -2.07. The maximum atomic E-state index is 6.23. The van der Waals surface area contributed by atoms with Crippen molar-refractivity contribution >= 4 is 39.7 Å². The summed E-state index contributed by atoms with van der Waals surface area (Å²) in [6.07, 6.45) is 2.84. The maximum absolute atomic E-state index is 6.23. The first-order chi connectivity index (χ1) is 9.65. The number of rotatable bonds is 4. The van der Waals surface area contributed by atoms with E-state index in [2.05, 4.69) is 4.40 Å². The Kier molecular flexibility index (Phi) is 4.03. The summed E-state index contributed by atoms with van der Waals surface area (Å²) in [6.45, 7) is 2.01. The smallest absolute Gasteiger partial charge is 0.194 e. The predicted molar refractivity (Wildman–Crippen MR) is 86.0 cm³/mol. The Bertz CT molecular complexity index is 733. The summed E-state index contributed by atoms with van der Waals surface area (Å²) in [5, 5.41) is 3.78. The molecule has 20 heavy (non-hydrogen) atoms. The molecule has 1 unspecified atom stereocenters. The fourth-order valence-electron chi connectivity index (χ4n) is 2.02. The van der Waals surface area contributed by atoms with Crippen LogP contribution in [-0.4, -0.2) is 15.4 Å². The molecule has 0 amide bonds. The van der Waals surface area contributed by atoms with Gasteiger partial charge in [-0.25, -0.2) is 4.98 Å². The van der Waals surface area contributed by atoms with E-state index in [9.17, 15) is 0 Å². The van der Waals surface area contributed by atoms with Crippen LogP contribution in [0.1, 0.15) is 12.6 Å². The van der Waals surface area contributed by atoms with Gasteiger partial charge in [-0.2, -0.15) is 0 Å². The van der Waals surface area contributed by atoms with Crippen LogP contribution in [0, 0.1) is 0 Å². The van der Waals surface area contributed by atoms with Crippen molar-refractivity contribution in [1.82, 2.24) is 9.38 Å². The molecule has 1 atom stereocenters. The predicted octanol–water partition coefficient (Wildman–Crippen LogP) is 4.09. The number of benzene rings is 1. The summed E-state index contributed by atoms with van der Waals surface area (Å²) >= 11 is 9.46. The molecule has 0 aliphatic heterocycles. The quantitative estimate of drug-likeness (QED) is 0.786. The molecule has 104 valence electrons. The Labute approximate surface area is 130 Å². The van der Waals surface area contributed by atoms with Crippen molar-refractivity contribution < 1.29 is 0 Å². The van der Waals surface area contributed by atoms with Crippen LogP contribution in [0.4, 0.5) is 0 Å². The van der Waals surface area contributed by atoms with Crippen molar-refractivity contribution in [3.05, 3.63) is 46.6 Å². The molecular weight excluding hydrogens is 310 g/mol. The van der Waals surface area contributed by atoms with Gasteiger partial charge in [-0.05, 0) is 19.1 Å². The van der Waals surface area contributed by atoms with Gasteiger partial charge in [0.15, 0.2) is 4.96 Å². The highest BCUT2D eigenvalue weighted by molar-refractivity contribution is 7.99. The Morgan fingerprint density at radius 3 is 3.00 bits per heavy atom. The zero-order valence-corrected chi connectivity index (χ0v) is 13.3. The Hall–Kier alpha value is -1.01. The number of hydrogen-bond donors (Lipinski definition) is 1. The molecule has 2 N–H and O–H groups in total. The van der Waals surface area contributed by atoms with Crippen LogP contribution in [0.25, 0.3) is 4.96 Å². The topological polar surface area (TPSA) is 43.3 Å². The highest BCUT2D eigenvalue weighted by Crippen LogP contribution is 2.35. The molecule has 0 saturated carbocycles. The van der Waals surface area contributed by atoms with Gasteiger partial charge in [0, 0.05) is 28.9 Å². The molecular formula is C14H14ClN3S2. The van der Waals surface area contributed by atoms with Crippen molar-refractivity contribution in [3.63, 3.8) is 0 Å². The van der Waals surface area contributed by atoms with E-state index >= 15 is 0 Å². The van der Waals surface area contributed by atoms with Crippen LogP contribution < -0.4 is 5.73 Å². The first-order valence-electron chi connectivity index (χ1n) is 6.27. The Balaban J connectivity index is 2.02. The fraction of sp³-hybridized carbons (Fsp3) is 0.214. The number of halogens is 1. The summed E-state index contributed by atoms with van der Waals surface area (Å²) < 4.78 is 2.12. The number of fused-ring (bicyclic) bond motifs is 1. The van der Waals surface area contributed by atoms with Crippen LogP contribution >= 0.6 is 34.7 Å². The minimum Gasteiger partial charge on any atom is -0.328 e. The molecule has 0 aliphatic rings. The summed E-state index contributed by atoms with van der Waals surface area (Å²) in [7, 11) is 0. The number of thiazole rings is 1. The van der Waals surface area contributed by atoms with Gasteiger partial charge in [-0.15, -0.1) is 11.3 Å². The van der Waals surface area contributed by atoms with E-state index in [1.165, 1.54) is 0 Å². The summed E-state index contributed by atoms with van der Waals surface area (Å²) in [4.78, 5) is 6.71. The fourth-order valence-corrected chi connectivity index (χ4v) is 4.01. The van der Waals surface area contributed by atoms with E-state index in [0.29, 0.717) is 0 Å². The molecule has 3 aromatic rings. The zero-order chi connectivity index (χ0) is 14.1. The lowest BCUT2D eigenvalue weighted by molar-refractivity contribution is 0.706. The van der Waals surface area contributed by atoms with Gasteiger partial charge in [-0.3, -0.25) is 4.40 Å². The normalized spacial score (nSPS) is 12.9. The van der Waals surface area contributed by atoms with Gasteiger partial charge in [0.1, 0.15) is 5.03 Å². The third kappa shape index (κ3) is 2.72. The maximum Gasteiger partial charge on any atom is 0.194 e. The molecule has 0 fully saturated rings. The first-order valence-corrected chi connectivity index (χ1v) is 8.35. The van der Waals surface area contributed by atoms with Crippen molar-refractivity contribution in [2.45, 2.75) is 29.3 Å². The molecule has 0 bridgehead atoms. The average molecular weight is 324 g/mol. The lowest BCUT2D eigenvalue weighted by Crippen LogP contribution is -2.19. The van der Waals surface area contributed by atoms with Crippen molar-refractivity contribution in [3.8, 4) is 0 Å². The molecule has 3 rings (SSSR count). The second-order valence-corrected chi connectivity index (χ2v) is 6.94. The molecule has 2 aromatic heterocycles. The second kappa shape index (κ2) is 5.77.